The average molecular weight is 378 g/mol. The summed E-state index contributed by atoms with van der Waals surface area (Å²) in [6.45, 7) is 0.948. The van der Waals surface area contributed by atoms with Gasteiger partial charge in [-0.25, -0.2) is 0 Å². The molecule has 0 fully saturated rings. The molecule has 1 atom stereocenters. The van der Waals surface area contributed by atoms with E-state index in [1.807, 2.05) is 56.8 Å². The average Bonchev–Trinajstić information content (AvgIpc) is 3.23. The quantitative estimate of drug-likeness (QED) is 0.656. The zero-order valence-electron chi connectivity index (χ0n) is 16.7. The molecule has 2 N–H and O–H groups in total. The van der Waals surface area contributed by atoms with Gasteiger partial charge in [-0.2, -0.15) is 0 Å². The van der Waals surface area contributed by atoms with Crippen LogP contribution in [0.15, 0.2) is 77.4 Å². The molecule has 0 unspecified atom stereocenters. The number of nitrogens with two attached hydrogens (primary N) is 1. The van der Waals surface area contributed by atoms with Crippen molar-refractivity contribution in [3.63, 3.8) is 0 Å². The largest absolute Gasteiger partial charge is 0.463 e. The van der Waals surface area contributed by atoms with Crippen LogP contribution in [0.25, 0.3) is 0 Å². The molecule has 0 aliphatic carbocycles. The van der Waals surface area contributed by atoms with E-state index in [0.717, 1.165) is 22.6 Å². The summed E-state index contributed by atoms with van der Waals surface area (Å²) < 4.78 is 5.61. The second kappa shape index (κ2) is 9.24. The van der Waals surface area contributed by atoms with E-state index in [4.69, 9.17) is 4.42 Å². The fraction of sp³-hybridized carbons (Fsp3) is 0.261. The van der Waals surface area contributed by atoms with Crippen molar-refractivity contribution in [3.8, 4) is 0 Å². The van der Waals surface area contributed by atoms with Crippen LogP contribution in [-0.2, 0) is 11.3 Å². The highest BCUT2D eigenvalue weighted by molar-refractivity contribution is 5.76. The normalized spacial score (nSPS) is 11.8. The van der Waals surface area contributed by atoms with Crippen molar-refractivity contribution < 1.29 is 14.5 Å². The maximum atomic E-state index is 12.7. The fourth-order valence-corrected chi connectivity index (χ4v) is 3.18. The number of amides is 1. The number of carbonyl (C=O) groups excluding carboxylic acids is 1. The Morgan fingerprint density at radius 1 is 0.964 bits per heavy atom. The van der Waals surface area contributed by atoms with Gasteiger partial charge in [0.15, 0.2) is 18.3 Å². The first-order valence-corrected chi connectivity index (χ1v) is 9.46. The summed E-state index contributed by atoms with van der Waals surface area (Å²) >= 11 is 0. The lowest BCUT2D eigenvalue weighted by Gasteiger charge is -2.19. The summed E-state index contributed by atoms with van der Waals surface area (Å²) in [5.41, 5.74) is 3.38. The van der Waals surface area contributed by atoms with Gasteiger partial charge >= 0.3 is 0 Å². The molecule has 1 heterocycles. The number of likely N-dealkylation sites (N-methyl/N-ethyl adjacent to an activating group) is 1. The zero-order chi connectivity index (χ0) is 19.9. The molecule has 0 aliphatic rings. The van der Waals surface area contributed by atoms with Crippen LogP contribution in [0.1, 0.15) is 22.9 Å². The Morgan fingerprint density at radius 2 is 1.68 bits per heavy atom. The van der Waals surface area contributed by atoms with E-state index in [2.05, 4.69) is 41.3 Å². The number of rotatable bonds is 8. The third-order valence-corrected chi connectivity index (χ3v) is 4.83. The Labute approximate surface area is 166 Å². The molecular formula is C23H28N3O2+. The van der Waals surface area contributed by atoms with Crippen LogP contribution >= 0.6 is 0 Å². The highest BCUT2D eigenvalue weighted by atomic mass is 16.3. The van der Waals surface area contributed by atoms with E-state index in [9.17, 15) is 4.79 Å². The van der Waals surface area contributed by atoms with Gasteiger partial charge in [0.05, 0.1) is 6.26 Å². The van der Waals surface area contributed by atoms with Crippen LogP contribution in [0.4, 0.5) is 5.69 Å². The van der Waals surface area contributed by atoms with E-state index in [1.54, 1.807) is 11.2 Å². The molecule has 3 aromatic rings. The Morgan fingerprint density at radius 3 is 2.29 bits per heavy atom. The molecule has 28 heavy (non-hydrogen) atoms. The topological polar surface area (TPSA) is 53.3 Å². The van der Waals surface area contributed by atoms with Gasteiger partial charge in [-0.1, -0.05) is 42.5 Å². The highest BCUT2D eigenvalue weighted by Crippen LogP contribution is 2.18. The van der Waals surface area contributed by atoms with Gasteiger partial charge in [0, 0.05) is 38.9 Å². The first kappa shape index (κ1) is 19.7. The SMILES string of the molecule is CN(Cc1ccc(N(C)C)cc1)C(=O)C[NH2+][C@@H](c1ccccc1)c1ccco1. The number of anilines is 1. The monoisotopic (exact) mass is 378 g/mol. The van der Waals surface area contributed by atoms with E-state index in [1.165, 1.54) is 0 Å². The van der Waals surface area contributed by atoms with Gasteiger partial charge in [-0.15, -0.1) is 0 Å². The first-order chi connectivity index (χ1) is 13.5. The van der Waals surface area contributed by atoms with Crippen LogP contribution in [0, 0.1) is 0 Å². The van der Waals surface area contributed by atoms with Gasteiger partial charge in [0.1, 0.15) is 0 Å². The lowest BCUT2D eigenvalue weighted by atomic mass is 10.0. The second-order valence-electron chi connectivity index (χ2n) is 7.15. The molecule has 0 saturated carbocycles. The van der Waals surface area contributed by atoms with Gasteiger partial charge in [-0.3, -0.25) is 4.79 Å². The summed E-state index contributed by atoms with van der Waals surface area (Å²) in [5, 5.41) is 2.03. The maximum Gasteiger partial charge on any atom is 0.277 e. The molecule has 0 aliphatic heterocycles. The summed E-state index contributed by atoms with van der Waals surface area (Å²) in [6.07, 6.45) is 1.67. The highest BCUT2D eigenvalue weighted by Gasteiger charge is 2.22. The molecule has 5 heteroatoms. The fourth-order valence-electron chi connectivity index (χ4n) is 3.18. The van der Waals surface area contributed by atoms with Crippen molar-refractivity contribution in [2.75, 3.05) is 32.6 Å². The van der Waals surface area contributed by atoms with Crippen LogP contribution in [0.2, 0.25) is 0 Å². The van der Waals surface area contributed by atoms with Crippen molar-refractivity contribution in [1.82, 2.24) is 4.90 Å². The number of quaternary nitrogens is 1. The van der Waals surface area contributed by atoms with Gasteiger partial charge in [0.25, 0.3) is 5.91 Å². The minimum atomic E-state index is -0.0343. The second-order valence-corrected chi connectivity index (χ2v) is 7.15. The van der Waals surface area contributed by atoms with Crippen molar-refractivity contribution in [1.29, 1.82) is 0 Å². The van der Waals surface area contributed by atoms with Crippen LogP contribution in [0.5, 0.6) is 0 Å². The summed E-state index contributed by atoms with van der Waals surface area (Å²) in [6, 6.07) is 22.2. The minimum absolute atomic E-state index is 0.0343. The molecule has 5 nitrogen and oxygen atoms in total. The van der Waals surface area contributed by atoms with Gasteiger partial charge < -0.3 is 19.5 Å². The molecular weight excluding hydrogens is 350 g/mol. The van der Waals surface area contributed by atoms with E-state index >= 15 is 0 Å². The molecule has 2 aromatic carbocycles. The van der Waals surface area contributed by atoms with Gasteiger partial charge in [0.2, 0.25) is 0 Å². The van der Waals surface area contributed by atoms with Crippen LogP contribution < -0.4 is 10.2 Å². The predicted octanol–water partition coefficient (Wildman–Crippen LogP) is 2.66. The van der Waals surface area contributed by atoms with Crippen molar-refractivity contribution in [3.05, 3.63) is 89.9 Å². The standard InChI is InChI=1S/C23H27N3O2/c1-25(2)20-13-11-18(12-14-20)17-26(3)22(27)16-24-23(21-10-7-15-28-21)19-8-5-4-6-9-19/h4-15,23-24H,16-17H2,1-3H3/p+1/t23-/m0/s1. The van der Waals surface area contributed by atoms with Crippen molar-refractivity contribution >= 4 is 11.6 Å². The molecule has 3 rings (SSSR count). The third-order valence-electron chi connectivity index (χ3n) is 4.83. The van der Waals surface area contributed by atoms with Crippen molar-refractivity contribution in [2.24, 2.45) is 0 Å². The maximum absolute atomic E-state index is 12.7. The predicted molar refractivity (Wildman–Crippen MR) is 111 cm³/mol. The number of hydrogen-bond acceptors (Lipinski definition) is 3. The van der Waals surface area contributed by atoms with E-state index in [-0.39, 0.29) is 11.9 Å². The lowest BCUT2D eigenvalue weighted by Crippen LogP contribution is -2.87. The first-order valence-electron chi connectivity index (χ1n) is 9.46. The van der Waals surface area contributed by atoms with Crippen LogP contribution in [0.3, 0.4) is 0 Å². The summed E-state index contributed by atoms with van der Waals surface area (Å²) in [4.78, 5) is 16.5. The molecule has 0 saturated heterocycles. The number of benzene rings is 2. The van der Waals surface area contributed by atoms with E-state index < -0.39 is 0 Å². The Bertz CT molecular complexity index is 859. The van der Waals surface area contributed by atoms with Crippen LogP contribution in [-0.4, -0.2) is 38.5 Å². The van der Waals surface area contributed by atoms with E-state index in [0.29, 0.717) is 13.1 Å². The number of hydrogen-bond donors (Lipinski definition) is 1. The minimum Gasteiger partial charge on any atom is -0.463 e. The smallest absolute Gasteiger partial charge is 0.277 e. The third kappa shape index (κ3) is 5.02. The van der Waals surface area contributed by atoms with Crippen molar-refractivity contribution in [2.45, 2.75) is 12.6 Å². The molecule has 0 spiro atoms. The molecule has 0 bridgehead atoms. The Balaban J connectivity index is 1.61. The number of nitrogens with zero attached hydrogens (tertiary/aromatic N) is 2. The summed E-state index contributed by atoms with van der Waals surface area (Å²) in [7, 11) is 5.88. The molecule has 0 radical (unpaired) electrons. The van der Waals surface area contributed by atoms with Gasteiger partial charge in [-0.05, 0) is 29.8 Å². The Hall–Kier alpha value is -3.05. The molecule has 1 aromatic heterocycles. The zero-order valence-corrected chi connectivity index (χ0v) is 16.7. The molecule has 146 valence electrons. The number of carbonyl (C=O) groups is 1. The Kier molecular flexibility index (Phi) is 6.50. The summed E-state index contributed by atoms with van der Waals surface area (Å²) in [5.74, 6) is 0.935. The number of furan rings is 1. The lowest BCUT2D eigenvalue weighted by molar-refractivity contribution is -0.679. The molecule has 1 amide bonds.